The number of carbonyl (C=O) groups is 2. The second-order valence-corrected chi connectivity index (χ2v) is 10.7. The minimum atomic E-state index is 0.0245. The van der Waals surface area contributed by atoms with Gasteiger partial charge in [0.1, 0.15) is 5.69 Å². The maximum Gasteiger partial charge on any atom is 0.273 e. The van der Waals surface area contributed by atoms with E-state index in [4.69, 9.17) is 0 Å². The van der Waals surface area contributed by atoms with Crippen molar-refractivity contribution in [1.29, 1.82) is 0 Å². The van der Waals surface area contributed by atoms with Crippen LogP contribution in [0.25, 0.3) is 0 Å². The van der Waals surface area contributed by atoms with Crippen LogP contribution in [0.3, 0.4) is 0 Å². The third kappa shape index (κ3) is 4.68. The monoisotopic (exact) mass is 501 g/mol. The number of aromatic nitrogens is 1. The van der Waals surface area contributed by atoms with Crippen LogP contribution < -0.4 is 0 Å². The average molecular weight is 502 g/mol. The molecule has 0 bridgehead atoms. The molecule has 0 saturated carbocycles. The Bertz CT molecular complexity index is 1220. The molecule has 2 fully saturated rings. The summed E-state index contributed by atoms with van der Waals surface area (Å²) in [6.07, 6.45) is 0.982. The zero-order valence-electron chi connectivity index (χ0n) is 20.4. The van der Waals surface area contributed by atoms with E-state index in [0.29, 0.717) is 24.8 Å². The van der Waals surface area contributed by atoms with Crippen molar-refractivity contribution in [3.8, 4) is 0 Å². The third-order valence-electron chi connectivity index (χ3n) is 7.75. The van der Waals surface area contributed by atoms with Crippen LogP contribution in [0.2, 0.25) is 0 Å². The topological polar surface area (TPSA) is 60.0 Å². The number of thiazole rings is 1. The highest BCUT2D eigenvalue weighted by Crippen LogP contribution is 2.27. The number of amides is 2. The van der Waals surface area contributed by atoms with Gasteiger partial charge in [0.15, 0.2) is 0 Å². The number of piperazine rings is 1. The van der Waals surface area contributed by atoms with Crippen LogP contribution in [-0.2, 0) is 19.5 Å². The normalized spacial score (nSPS) is 19.1. The van der Waals surface area contributed by atoms with E-state index < -0.39 is 0 Å². The molecule has 4 heterocycles. The number of rotatable bonds is 5. The van der Waals surface area contributed by atoms with Crippen molar-refractivity contribution in [3.05, 3.63) is 87.4 Å². The minimum Gasteiger partial charge on any atom is -0.335 e. The highest BCUT2D eigenvalue weighted by molar-refractivity contribution is 7.07. The van der Waals surface area contributed by atoms with Crippen LogP contribution in [0.15, 0.2) is 59.4 Å². The SMILES string of the molecule is O=C(c1cscn1)N1CCN(C2CN(C(=O)c3cccc4c3CN(Cc3ccccc3)CC4)C2)CC1. The number of carbonyl (C=O) groups excluding carboxylic acids is 2. The Morgan fingerprint density at radius 1 is 0.889 bits per heavy atom. The van der Waals surface area contributed by atoms with Gasteiger partial charge in [0.25, 0.3) is 11.8 Å². The largest absolute Gasteiger partial charge is 0.335 e. The quantitative estimate of drug-likeness (QED) is 0.538. The van der Waals surface area contributed by atoms with E-state index in [-0.39, 0.29) is 11.8 Å². The van der Waals surface area contributed by atoms with E-state index >= 15 is 0 Å². The molecule has 0 aliphatic carbocycles. The van der Waals surface area contributed by atoms with Gasteiger partial charge in [-0.25, -0.2) is 4.98 Å². The second kappa shape index (κ2) is 10.1. The van der Waals surface area contributed by atoms with Gasteiger partial charge in [-0.1, -0.05) is 42.5 Å². The predicted octanol–water partition coefficient (Wildman–Crippen LogP) is 2.98. The lowest BCUT2D eigenvalue weighted by Gasteiger charge is -2.48. The molecule has 0 N–H and O–H groups in total. The number of likely N-dealkylation sites (tertiary alicyclic amines) is 1. The number of fused-ring (bicyclic) bond motifs is 1. The van der Waals surface area contributed by atoms with Crippen molar-refractivity contribution in [2.24, 2.45) is 0 Å². The predicted molar refractivity (Wildman–Crippen MR) is 140 cm³/mol. The molecule has 6 rings (SSSR count). The Morgan fingerprint density at radius 2 is 1.69 bits per heavy atom. The maximum absolute atomic E-state index is 13.5. The summed E-state index contributed by atoms with van der Waals surface area (Å²) in [4.78, 5) is 39.0. The Balaban J connectivity index is 1.05. The molecule has 3 aliphatic rings. The van der Waals surface area contributed by atoms with Crippen molar-refractivity contribution in [2.75, 3.05) is 45.8 Å². The first-order valence-corrected chi connectivity index (χ1v) is 13.7. The van der Waals surface area contributed by atoms with E-state index in [1.165, 1.54) is 28.0 Å². The van der Waals surface area contributed by atoms with E-state index in [2.05, 4.69) is 45.1 Å². The molecular weight excluding hydrogens is 470 g/mol. The van der Waals surface area contributed by atoms with Crippen LogP contribution in [0.4, 0.5) is 0 Å². The first-order valence-electron chi connectivity index (χ1n) is 12.7. The maximum atomic E-state index is 13.5. The smallest absolute Gasteiger partial charge is 0.273 e. The van der Waals surface area contributed by atoms with Gasteiger partial charge in [-0.3, -0.25) is 19.4 Å². The zero-order valence-corrected chi connectivity index (χ0v) is 21.2. The molecule has 2 amide bonds. The number of hydrogen-bond acceptors (Lipinski definition) is 6. The van der Waals surface area contributed by atoms with Crippen LogP contribution >= 0.6 is 11.3 Å². The van der Waals surface area contributed by atoms with Crippen molar-refractivity contribution in [1.82, 2.24) is 24.6 Å². The van der Waals surface area contributed by atoms with Gasteiger partial charge in [-0.2, -0.15) is 0 Å². The van der Waals surface area contributed by atoms with Gasteiger partial charge in [0, 0.05) is 75.9 Å². The second-order valence-electron chi connectivity index (χ2n) is 9.96. The van der Waals surface area contributed by atoms with E-state index in [1.54, 1.807) is 5.51 Å². The molecule has 0 atom stereocenters. The summed E-state index contributed by atoms with van der Waals surface area (Å²) < 4.78 is 0. The summed E-state index contributed by atoms with van der Waals surface area (Å²) in [5.41, 5.74) is 6.92. The summed E-state index contributed by atoms with van der Waals surface area (Å²) in [5, 5.41) is 1.81. The molecule has 2 saturated heterocycles. The van der Waals surface area contributed by atoms with E-state index in [9.17, 15) is 9.59 Å². The Kier molecular flexibility index (Phi) is 6.56. The highest BCUT2D eigenvalue weighted by Gasteiger charge is 2.38. The molecule has 2 aromatic carbocycles. The van der Waals surface area contributed by atoms with Gasteiger partial charge >= 0.3 is 0 Å². The molecule has 0 spiro atoms. The fraction of sp³-hybridized carbons (Fsp3) is 0.393. The average Bonchev–Trinajstić information content (AvgIpc) is 3.43. The lowest BCUT2D eigenvalue weighted by atomic mass is 9.93. The fourth-order valence-corrected chi connectivity index (χ4v) is 6.13. The standard InChI is InChI=1S/C28H31N5O2S/c34-27(24-8-4-7-22-9-10-30(18-25(22)24)15-21-5-2-1-3-6-21)33-16-23(17-33)31-11-13-32(14-12-31)28(35)26-19-36-20-29-26/h1-8,19-20,23H,9-18H2. The number of nitrogens with zero attached hydrogens (tertiary/aromatic N) is 5. The van der Waals surface area contributed by atoms with Crippen molar-refractivity contribution in [2.45, 2.75) is 25.6 Å². The van der Waals surface area contributed by atoms with Crippen LogP contribution in [0.5, 0.6) is 0 Å². The summed E-state index contributed by atoms with van der Waals surface area (Å²) in [6.45, 7) is 7.38. The molecule has 0 unspecified atom stereocenters. The van der Waals surface area contributed by atoms with Crippen molar-refractivity contribution < 1.29 is 9.59 Å². The van der Waals surface area contributed by atoms with Crippen LogP contribution in [-0.4, -0.2) is 88.3 Å². The molecule has 0 radical (unpaired) electrons. The molecule has 186 valence electrons. The first kappa shape index (κ1) is 23.3. The lowest BCUT2D eigenvalue weighted by Crippen LogP contribution is -2.64. The Hall–Kier alpha value is -3.07. The summed E-state index contributed by atoms with van der Waals surface area (Å²) in [7, 11) is 0. The first-order chi connectivity index (χ1) is 17.7. The van der Waals surface area contributed by atoms with Crippen molar-refractivity contribution >= 4 is 23.2 Å². The molecule has 3 aliphatic heterocycles. The molecular formula is C28H31N5O2S. The summed E-state index contributed by atoms with van der Waals surface area (Å²) >= 11 is 1.45. The van der Waals surface area contributed by atoms with E-state index in [0.717, 1.165) is 57.8 Å². The Morgan fingerprint density at radius 3 is 2.44 bits per heavy atom. The van der Waals surface area contributed by atoms with Gasteiger partial charge in [0.2, 0.25) is 0 Å². The molecule has 3 aromatic rings. The fourth-order valence-electron chi connectivity index (χ4n) is 5.61. The van der Waals surface area contributed by atoms with Gasteiger partial charge in [-0.15, -0.1) is 11.3 Å². The highest BCUT2D eigenvalue weighted by atomic mass is 32.1. The van der Waals surface area contributed by atoms with Crippen LogP contribution in [0.1, 0.15) is 37.5 Å². The number of benzene rings is 2. The minimum absolute atomic E-state index is 0.0245. The Labute approximate surface area is 215 Å². The summed E-state index contributed by atoms with van der Waals surface area (Å²) in [6, 6.07) is 17.1. The lowest BCUT2D eigenvalue weighted by molar-refractivity contribution is 0.00831. The molecule has 7 nitrogen and oxygen atoms in total. The molecule has 8 heteroatoms. The number of hydrogen-bond donors (Lipinski definition) is 0. The van der Waals surface area contributed by atoms with Crippen LogP contribution in [0, 0.1) is 0 Å². The van der Waals surface area contributed by atoms with Gasteiger partial charge < -0.3 is 9.80 Å². The van der Waals surface area contributed by atoms with Gasteiger partial charge in [0.05, 0.1) is 5.51 Å². The summed E-state index contributed by atoms with van der Waals surface area (Å²) in [5.74, 6) is 0.179. The molecule has 36 heavy (non-hydrogen) atoms. The van der Waals surface area contributed by atoms with Gasteiger partial charge in [-0.05, 0) is 29.2 Å². The molecule has 1 aromatic heterocycles. The zero-order chi connectivity index (χ0) is 24.5. The van der Waals surface area contributed by atoms with E-state index in [1.807, 2.05) is 33.4 Å². The third-order valence-corrected chi connectivity index (χ3v) is 8.34. The van der Waals surface area contributed by atoms with Crippen molar-refractivity contribution in [3.63, 3.8) is 0 Å².